The van der Waals surface area contributed by atoms with Crippen molar-refractivity contribution in [3.8, 4) is 11.3 Å². The van der Waals surface area contributed by atoms with Gasteiger partial charge in [0.25, 0.3) is 5.92 Å². The number of carbonyl (C=O) groups excluding carboxylic acids is 1. The van der Waals surface area contributed by atoms with Gasteiger partial charge in [-0.15, -0.1) is 0 Å². The monoisotopic (exact) mass is 585 g/mol. The van der Waals surface area contributed by atoms with Crippen LogP contribution < -0.4 is 10.6 Å². The summed E-state index contributed by atoms with van der Waals surface area (Å²) in [5, 5.41) is 5.68. The van der Waals surface area contributed by atoms with E-state index in [-0.39, 0.29) is 22.6 Å². The number of amides is 1. The number of fused-ring (bicyclic) bond motifs is 1. The number of imidazole rings is 2. The number of hydrogen-bond donors (Lipinski definition) is 2. The highest BCUT2D eigenvalue weighted by atomic mass is 32.2. The summed E-state index contributed by atoms with van der Waals surface area (Å²) in [6.07, 6.45) is 6.27. The van der Waals surface area contributed by atoms with Crippen molar-refractivity contribution in [3.05, 3.63) is 42.6 Å². The third-order valence-corrected chi connectivity index (χ3v) is 8.45. The number of nitrogens with one attached hydrogen (secondary N) is 2. The van der Waals surface area contributed by atoms with Crippen molar-refractivity contribution in [2.75, 3.05) is 23.5 Å². The average Bonchev–Trinajstić information content (AvgIpc) is 3.19. The molecule has 4 heterocycles. The molecule has 2 unspecified atom stereocenters. The fraction of sp³-hybridized carbons (Fsp3) is 0.407. The zero-order valence-corrected chi connectivity index (χ0v) is 23.5. The van der Waals surface area contributed by atoms with Gasteiger partial charge in [0.1, 0.15) is 29.3 Å². The lowest BCUT2D eigenvalue weighted by molar-refractivity contribution is -0.119. The van der Waals surface area contributed by atoms with Gasteiger partial charge in [-0.3, -0.25) is 9.36 Å². The number of carbonyl (C=O) groups is 1. The standard InChI is InChI=1S/C27H29F2N7O4S/c1-15-31-24-19(32-18-8-7-16(10-21(18)41(3,38)39)20-13-35(2)14-30-20)11-22(34-26(37)17-12-27(17,28)29)33-25(24)36(15)23-6-4-5-9-40-23/h7-8,10-11,13-14,17,23H,4-6,9,12H2,1-3H3,(H2,32,33,34,37). The Labute approximate surface area is 234 Å². The first-order chi connectivity index (χ1) is 19.4. The molecule has 0 spiro atoms. The van der Waals surface area contributed by atoms with Crippen LogP contribution in [-0.2, 0) is 26.4 Å². The average molecular weight is 586 g/mol. The molecular formula is C27H29F2N7O4S. The second-order valence-corrected chi connectivity index (χ2v) is 12.6. The molecule has 1 aromatic carbocycles. The Hall–Kier alpha value is -3.91. The molecule has 1 aliphatic heterocycles. The van der Waals surface area contributed by atoms with E-state index < -0.39 is 34.0 Å². The summed E-state index contributed by atoms with van der Waals surface area (Å²) in [6, 6.07) is 6.38. The molecular weight excluding hydrogens is 556 g/mol. The maximum atomic E-state index is 13.6. The lowest BCUT2D eigenvalue weighted by atomic mass is 10.1. The molecule has 4 aromatic rings. The van der Waals surface area contributed by atoms with Crippen LogP contribution in [0.15, 0.2) is 41.7 Å². The fourth-order valence-corrected chi connectivity index (χ4v) is 5.97. The molecule has 0 radical (unpaired) electrons. The van der Waals surface area contributed by atoms with Gasteiger partial charge in [0.05, 0.1) is 28.3 Å². The van der Waals surface area contributed by atoms with E-state index in [2.05, 4.69) is 20.6 Å². The molecule has 2 aliphatic rings. The van der Waals surface area contributed by atoms with Crippen molar-refractivity contribution in [1.82, 2.24) is 24.1 Å². The highest BCUT2D eigenvalue weighted by Crippen LogP contribution is 2.49. The quantitative estimate of drug-likeness (QED) is 0.322. The van der Waals surface area contributed by atoms with Crippen LogP contribution in [0.2, 0.25) is 0 Å². The Morgan fingerprint density at radius 3 is 2.59 bits per heavy atom. The van der Waals surface area contributed by atoms with Crippen LogP contribution in [0.5, 0.6) is 0 Å². The first-order valence-corrected chi connectivity index (χ1v) is 15.1. The van der Waals surface area contributed by atoms with E-state index in [1.165, 1.54) is 12.1 Å². The summed E-state index contributed by atoms with van der Waals surface area (Å²) in [7, 11) is -1.89. The molecule has 2 fully saturated rings. The van der Waals surface area contributed by atoms with E-state index in [0.717, 1.165) is 25.5 Å². The summed E-state index contributed by atoms with van der Waals surface area (Å²) >= 11 is 0. The van der Waals surface area contributed by atoms with Crippen LogP contribution in [0.3, 0.4) is 0 Å². The fourth-order valence-electron chi connectivity index (χ4n) is 5.11. The van der Waals surface area contributed by atoms with E-state index >= 15 is 0 Å². The third-order valence-electron chi connectivity index (χ3n) is 7.31. The molecule has 11 nitrogen and oxygen atoms in total. The molecule has 1 saturated carbocycles. The Morgan fingerprint density at radius 2 is 1.95 bits per heavy atom. The zero-order valence-electron chi connectivity index (χ0n) is 22.7. The normalized spacial score (nSPS) is 20.2. The van der Waals surface area contributed by atoms with Crippen molar-refractivity contribution < 1.29 is 26.7 Å². The van der Waals surface area contributed by atoms with Crippen molar-refractivity contribution in [2.45, 2.75) is 49.7 Å². The Morgan fingerprint density at radius 1 is 1.17 bits per heavy atom. The number of nitrogens with zero attached hydrogens (tertiary/aromatic N) is 5. The van der Waals surface area contributed by atoms with Crippen molar-refractivity contribution in [1.29, 1.82) is 0 Å². The minimum Gasteiger partial charge on any atom is -0.358 e. The SMILES string of the molecule is Cc1nc2c(Nc3ccc(-c4cn(C)cn4)cc3S(C)(=O)=O)cc(NC(=O)C3CC3(F)F)nc2n1C1CCCCO1. The third kappa shape index (κ3) is 5.28. The lowest BCUT2D eigenvalue weighted by Crippen LogP contribution is -2.20. The van der Waals surface area contributed by atoms with Gasteiger partial charge in [0, 0.05) is 44.2 Å². The number of benzene rings is 1. The highest BCUT2D eigenvalue weighted by molar-refractivity contribution is 7.90. The minimum absolute atomic E-state index is 0.0283. The van der Waals surface area contributed by atoms with E-state index in [1.54, 1.807) is 36.1 Å². The molecule has 0 bridgehead atoms. The van der Waals surface area contributed by atoms with Gasteiger partial charge in [-0.05, 0) is 38.3 Å². The maximum absolute atomic E-state index is 13.6. The number of anilines is 3. The first kappa shape index (κ1) is 27.3. The summed E-state index contributed by atoms with van der Waals surface area (Å²) < 4.78 is 62.5. The number of rotatable bonds is 7. The molecule has 1 aliphatic carbocycles. The molecule has 1 saturated heterocycles. The van der Waals surface area contributed by atoms with Gasteiger partial charge in [0.2, 0.25) is 5.91 Å². The maximum Gasteiger partial charge on any atom is 0.260 e. The number of hydrogen-bond acceptors (Lipinski definition) is 8. The van der Waals surface area contributed by atoms with E-state index in [4.69, 9.17) is 9.72 Å². The number of aryl methyl sites for hydroxylation is 2. The predicted octanol–water partition coefficient (Wildman–Crippen LogP) is 4.58. The number of sulfone groups is 1. The van der Waals surface area contributed by atoms with Crippen molar-refractivity contribution >= 4 is 44.1 Å². The second-order valence-electron chi connectivity index (χ2n) is 10.6. The second kappa shape index (κ2) is 9.87. The number of alkyl halides is 2. The van der Waals surface area contributed by atoms with E-state index in [9.17, 15) is 22.0 Å². The molecule has 14 heteroatoms. The van der Waals surface area contributed by atoms with Crippen molar-refractivity contribution in [3.63, 3.8) is 0 Å². The molecule has 6 rings (SSSR count). The topological polar surface area (TPSA) is 133 Å². The first-order valence-electron chi connectivity index (χ1n) is 13.2. The van der Waals surface area contributed by atoms with E-state index in [1.807, 2.05) is 11.6 Å². The number of ether oxygens (including phenoxy) is 1. The number of aromatic nitrogens is 5. The van der Waals surface area contributed by atoms with Gasteiger partial charge < -0.3 is 19.9 Å². The molecule has 216 valence electrons. The molecule has 3 aromatic heterocycles. The van der Waals surface area contributed by atoms with Crippen LogP contribution >= 0.6 is 0 Å². The number of halogens is 2. The lowest BCUT2D eigenvalue weighted by Gasteiger charge is -2.25. The van der Waals surface area contributed by atoms with Gasteiger partial charge >= 0.3 is 0 Å². The van der Waals surface area contributed by atoms with Gasteiger partial charge in [-0.25, -0.2) is 32.2 Å². The summed E-state index contributed by atoms with van der Waals surface area (Å²) in [6.45, 7) is 2.37. The summed E-state index contributed by atoms with van der Waals surface area (Å²) in [5.41, 5.74) is 2.64. The Kier molecular flexibility index (Phi) is 6.57. The van der Waals surface area contributed by atoms with Crippen LogP contribution in [0.4, 0.5) is 26.0 Å². The van der Waals surface area contributed by atoms with E-state index in [0.29, 0.717) is 40.5 Å². The highest BCUT2D eigenvalue weighted by Gasteiger charge is 2.61. The van der Waals surface area contributed by atoms with Gasteiger partial charge in [-0.2, -0.15) is 0 Å². The largest absolute Gasteiger partial charge is 0.358 e. The van der Waals surface area contributed by atoms with Crippen LogP contribution in [-0.4, -0.2) is 57.2 Å². The molecule has 1 amide bonds. The Balaban J connectivity index is 1.45. The molecule has 2 N–H and O–H groups in total. The minimum atomic E-state index is -3.71. The predicted molar refractivity (Wildman–Crippen MR) is 148 cm³/mol. The smallest absolute Gasteiger partial charge is 0.260 e. The van der Waals surface area contributed by atoms with Crippen LogP contribution in [0.1, 0.15) is 37.7 Å². The number of pyridine rings is 1. The Bertz CT molecular complexity index is 1780. The zero-order chi connectivity index (χ0) is 29.1. The van der Waals surface area contributed by atoms with Gasteiger partial charge in [-0.1, -0.05) is 6.07 Å². The van der Waals surface area contributed by atoms with Crippen molar-refractivity contribution in [2.24, 2.45) is 13.0 Å². The summed E-state index contributed by atoms with van der Waals surface area (Å²) in [5.74, 6) is -4.64. The van der Waals surface area contributed by atoms with Gasteiger partial charge in [0.15, 0.2) is 15.5 Å². The molecule has 41 heavy (non-hydrogen) atoms. The molecule has 2 atom stereocenters. The van der Waals surface area contributed by atoms with Crippen LogP contribution in [0.25, 0.3) is 22.4 Å². The summed E-state index contributed by atoms with van der Waals surface area (Å²) in [4.78, 5) is 26.2. The van der Waals surface area contributed by atoms with Crippen LogP contribution in [0, 0.1) is 12.8 Å².